The molecule has 0 bridgehead atoms. The first-order chi connectivity index (χ1) is 12.3. The molecule has 1 fully saturated rings. The molecule has 0 spiro atoms. The second-order valence-electron chi connectivity index (χ2n) is 7.83. The van der Waals surface area contributed by atoms with Crippen molar-refractivity contribution in [3.8, 4) is 5.75 Å². The molecular formula is C24H34O. The maximum absolute atomic E-state index is 5.76. The maximum atomic E-state index is 5.76. The van der Waals surface area contributed by atoms with E-state index in [1.807, 2.05) is 0 Å². The molecule has 0 atom stereocenters. The van der Waals surface area contributed by atoms with Crippen LogP contribution in [0.25, 0.3) is 10.8 Å². The lowest BCUT2D eigenvalue weighted by Gasteiger charge is -2.29. The maximum Gasteiger partial charge on any atom is 0.119 e. The van der Waals surface area contributed by atoms with E-state index >= 15 is 0 Å². The van der Waals surface area contributed by atoms with E-state index in [4.69, 9.17) is 4.74 Å². The summed E-state index contributed by atoms with van der Waals surface area (Å²) in [7, 11) is 0. The molecule has 0 aromatic heterocycles. The lowest BCUT2D eigenvalue weighted by Crippen LogP contribution is -2.13. The van der Waals surface area contributed by atoms with E-state index in [9.17, 15) is 0 Å². The zero-order valence-corrected chi connectivity index (χ0v) is 16.1. The van der Waals surface area contributed by atoms with Crippen molar-refractivity contribution in [2.45, 2.75) is 77.6 Å². The standard InChI is InChI=1S/C24H34O/c1-3-5-6-7-19-8-10-20(11-9-19)21-12-13-23-18-24(25-16-4-2)15-14-22(23)17-21/h12-15,17-20H,3-11,16H2,1-2H3/t19-,20-. The third kappa shape index (κ3) is 5.00. The van der Waals surface area contributed by atoms with Crippen LogP contribution in [0.4, 0.5) is 0 Å². The van der Waals surface area contributed by atoms with Gasteiger partial charge in [-0.15, -0.1) is 0 Å². The van der Waals surface area contributed by atoms with E-state index in [1.165, 1.54) is 62.1 Å². The van der Waals surface area contributed by atoms with Gasteiger partial charge in [0.15, 0.2) is 0 Å². The Labute approximate surface area is 153 Å². The summed E-state index contributed by atoms with van der Waals surface area (Å²) in [5, 5.41) is 2.65. The minimum absolute atomic E-state index is 0.767. The summed E-state index contributed by atoms with van der Waals surface area (Å²) in [6.07, 6.45) is 12.3. The second kappa shape index (κ2) is 9.27. The minimum atomic E-state index is 0.767. The smallest absolute Gasteiger partial charge is 0.119 e. The molecule has 1 aliphatic carbocycles. The van der Waals surface area contributed by atoms with Gasteiger partial charge in [-0.2, -0.15) is 0 Å². The number of hydrogen-bond donors (Lipinski definition) is 0. The average Bonchev–Trinajstić information content (AvgIpc) is 2.66. The first kappa shape index (κ1) is 18.3. The Kier molecular flexibility index (Phi) is 6.78. The SMILES string of the molecule is CCCCC[C@H]1CC[C@H](c2ccc3cc(OCCC)ccc3c2)CC1. The second-order valence-corrected chi connectivity index (χ2v) is 7.83. The molecule has 1 heteroatoms. The molecule has 0 aliphatic heterocycles. The lowest BCUT2D eigenvalue weighted by molar-refractivity contribution is 0.303. The predicted molar refractivity (Wildman–Crippen MR) is 109 cm³/mol. The molecular weight excluding hydrogens is 304 g/mol. The highest BCUT2D eigenvalue weighted by molar-refractivity contribution is 5.84. The fraction of sp³-hybridized carbons (Fsp3) is 0.583. The largest absolute Gasteiger partial charge is 0.494 e. The van der Waals surface area contributed by atoms with Crippen molar-refractivity contribution in [3.05, 3.63) is 42.0 Å². The molecule has 3 rings (SSSR count). The van der Waals surface area contributed by atoms with Gasteiger partial charge in [-0.05, 0) is 72.4 Å². The number of hydrogen-bond acceptors (Lipinski definition) is 1. The highest BCUT2D eigenvalue weighted by atomic mass is 16.5. The summed E-state index contributed by atoms with van der Waals surface area (Å²) in [6.45, 7) is 5.24. The molecule has 0 radical (unpaired) electrons. The fourth-order valence-corrected chi connectivity index (χ4v) is 4.27. The number of rotatable bonds is 8. The van der Waals surface area contributed by atoms with Crippen molar-refractivity contribution in [2.24, 2.45) is 5.92 Å². The van der Waals surface area contributed by atoms with Crippen molar-refractivity contribution in [2.75, 3.05) is 6.61 Å². The average molecular weight is 339 g/mol. The molecule has 136 valence electrons. The van der Waals surface area contributed by atoms with Gasteiger partial charge in [-0.1, -0.05) is 63.8 Å². The van der Waals surface area contributed by atoms with E-state index in [0.717, 1.165) is 30.6 Å². The zero-order chi connectivity index (χ0) is 17.5. The van der Waals surface area contributed by atoms with Crippen molar-refractivity contribution in [1.82, 2.24) is 0 Å². The van der Waals surface area contributed by atoms with Crippen LogP contribution in [0.5, 0.6) is 5.75 Å². The van der Waals surface area contributed by atoms with Crippen molar-refractivity contribution >= 4 is 10.8 Å². The van der Waals surface area contributed by atoms with Crippen LogP contribution in [-0.2, 0) is 0 Å². The molecule has 1 nitrogen and oxygen atoms in total. The van der Waals surface area contributed by atoms with Crippen LogP contribution < -0.4 is 4.74 Å². The van der Waals surface area contributed by atoms with E-state index in [1.54, 1.807) is 5.56 Å². The Morgan fingerprint density at radius 2 is 1.60 bits per heavy atom. The first-order valence-corrected chi connectivity index (χ1v) is 10.5. The molecule has 1 saturated carbocycles. The number of benzene rings is 2. The topological polar surface area (TPSA) is 9.23 Å². The monoisotopic (exact) mass is 338 g/mol. The van der Waals surface area contributed by atoms with Crippen LogP contribution in [0.1, 0.15) is 83.1 Å². The Balaban J connectivity index is 1.60. The summed E-state index contributed by atoms with van der Waals surface area (Å²) >= 11 is 0. The fourth-order valence-electron chi connectivity index (χ4n) is 4.27. The van der Waals surface area contributed by atoms with E-state index < -0.39 is 0 Å². The third-order valence-corrected chi connectivity index (χ3v) is 5.84. The van der Waals surface area contributed by atoms with E-state index in [2.05, 4.69) is 50.2 Å². The first-order valence-electron chi connectivity index (χ1n) is 10.5. The Morgan fingerprint density at radius 3 is 2.36 bits per heavy atom. The minimum Gasteiger partial charge on any atom is -0.494 e. The quantitative estimate of drug-likeness (QED) is 0.453. The van der Waals surface area contributed by atoms with Gasteiger partial charge in [0.05, 0.1) is 6.61 Å². The van der Waals surface area contributed by atoms with E-state index in [-0.39, 0.29) is 0 Å². The van der Waals surface area contributed by atoms with Crippen LogP contribution in [-0.4, -0.2) is 6.61 Å². The summed E-state index contributed by atoms with van der Waals surface area (Å²) in [5.41, 5.74) is 1.54. The highest BCUT2D eigenvalue weighted by Gasteiger charge is 2.22. The van der Waals surface area contributed by atoms with Gasteiger partial charge >= 0.3 is 0 Å². The summed E-state index contributed by atoms with van der Waals surface area (Å²) < 4.78 is 5.76. The summed E-state index contributed by atoms with van der Waals surface area (Å²) in [5.74, 6) is 2.75. The molecule has 0 heterocycles. The zero-order valence-electron chi connectivity index (χ0n) is 16.1. The Hall–Kier alpha value is -1.50. The molecule has 25 heavy (non-hydrogen) atoms. The Morgan fingerprint density at radius 1 is 0.840 bits per heavy atom. The number of unbranched alkanes of at least 4 members (excludes halogenated alkanes) is 2. The van der Waals surface area contributed by atoms with Crippen molar-refractivity contribution < 1.29 is 4.74 Å². The lowest BCUT2D eigenvalue weighted by atomic mass is 9.77. The molecule has 2 aromatic rings. The van der Waals surface area contributed by atoms with Gasteiger partial charge in [0.2, 0.25) is 0 Å². The van der Waals surface area contributed by atoms with Crippen LogP contribution >= 0.6 is 0 Å². The highest BCUT2D eigenvalue weighted by Crippen LogP contribution is 2.38. The molecule has 0 amide bonds. The van der Waals surface area contributed by atoms with Gasteiger partial charge in [0, 0.05) is 0 Å². The molecule has 2 aromatic carbocycles. The van der Waals surface area contributed by atoms with Crippen LogP contribution in [0.15, 0.2) is 36.4 Å². The van der Waals surface area contributed by atoms with Gasteiger partial charge in [-0.3, -0.25) is 0 Å². The van der Waals surface area contributed by atoms with E-state index in [0.29, 0.717) is 0 Å². The molecule has 0 N–H and O–H groups in total. The Bertz CT molecular complexity index is 652. The third-order valence-electron chi connectivity index (χ3n) is 5.84. The van der Waals surface area contributed by atoms with Crippen LogP contribution in [0.3, 0.4) is 0 Å². The number of fused-ring (bicyclic) bond motifs is 1. The predicted octanol–water partition coefficient (Wildman–Crippen LogP) is 7.48. The summed E-state index contributed by atoms with van der Waals surface area (Å²) in [6, 6.07) is 13.6. The van der Waals surface area contributed by atoms with Crippen LogP contribution in [0.2, 0.25) is 0 Å². The normalized spacial score (nSPS) is 20.7. The molecule has 0 saturated heterocycles. The van der Waals surface area contributed by atoms with Gasteiger partial charge < -0.3 is 4.74 Å². The van der Waals surface area contributed by atoms with Crippen molar-refractivity contribution in [1.29, 1.82) is 0 Å². The molecule has 0 unspecified atom stereocenters. The number of ether oxygens (including phenoxy) is 1. The van der Waals surface area contributed by atoms with Gasteiger partial charge in [-0.25, -0.2) is 0 Å². The summed E-state index contributed by atoms with van der Waals surface area (Å²) in [4.78, 5) is 0. The van der Waals surface area contributed by atoms with Crippen LogP contribution in [0, 0.1) is 5.92 Å². The van der Waals surface area contributed by atoms with Gasteiger partial charge in [0.1, 0.15) is 5.75 Å². The molecule has 1 aliphatic rings. The van der Waals surface area contributed by atoms with Gasteiger partial charge in [0.25, 0.3) is 0 Å². The van der Waals surface area contributed by atoms with Crippen molar-refractivity contribution in [3.63, 3.8) is 0 Å².